The van der Waals surface area contributed by atoms with Crippen molar-refractivity contribution in [2.75, 3.05) is 23.9 Å². The average molecular weight is 256 g/mol. The first kappa shape index (κ1) is 12.7. The Morgan fingerprint density at radius 3 is 3.00 bits per heavy atom. The molecule has 0 spiro atoms. The van der Waals surface area contributed by atoms with Crippen molar-refractivity contribution in [3.63, 3.8) is 0 Å². The van der Waals surface area contributed by atoms with Gasteiger partial charge in [0.15, 0.2) is 0 Å². The fourth-order valence-electron chi connectivity index (χ4n) is 1.48. The van der Waals surface area contributed by atoms with Crippen LogP contribution in [0.25, 0.3) is 0 Å². The van der Waals surface area contributed by atoms with Crippen LogP contribution < -0.4 is 10.6 Å². The van der Waals surface area contributed by atoms with Gasteiger partial charge in [-0.25, -0.2) is 0 Å². The number of hydrogen-bond acceptors (Lipinski definition) is 6. The van der Waals surface area contributed by atoms with Gasteiger partial charge in [-0.2, -0.15) is 11.8 Å². The molecule has 6 heteroatoms. The van der Waals surface area contributed by atoms with E-state index < -0.39 is 0 Å². The molecule has 1 aromatic heterocycles. The molecule has 1 saturated carbocycles. The highest BCUT2D eigenvalue weighted by Crippen LogP contribution is 2.19. The van der Waals surface area contributed by atoms with Crippen LogP contribution in [0.1, 0.15) is 31.6 Å². The van der Waals surface area contributed by atoms with Crippen molar-refractivity contribution in [3.05, 3.63) is 5.89 Å². The molecule has 1 fully saturated rings. The summed E-state index contributed by atoms with van der Waals surface area (Å²) in [7, 11) is 0. The molecule has 0 aliphatic heterocycles. The minimum Gasteiger partial charge on any atom is -0.407 e. The van der Waals surface area contributed by atoms with E-state index in [0.717, 1.165) is 13.0 Å². The molecular formula is C11H20N4OS. The lowest BCUT2D eigenvalue weighted by atomic mass is 10.3. The van der Waals surface area contributed by atoms with E-state index >= 15 is 0 Å². The summed E-state index contributed by atoms with van der Waals surface area (Å²) in [6, 6.07) is 1.21. The number of unbranched alkanes of at least 4 members (excludes halogenated alkanes) is 1. The molecule has 0 radical (unpaired) electrons. The van der Waals surface area contributed by atoms with Crippen molar-refractivity contribution in [1.82, 2.24) is 15.5 Å². The summed E-state index contributed by atoms with van der Waals surface area (Å²) < 4.78 is 5.47. The fourth-order valence-corrected chi connectivity index (χ4v) is 1.98. The zero-order valence-corrected chi connectivity index (χ0v) is 11.1. The van der Waals surface area contributed by atoms with Crippen LogP contribution in [-0.4, -0.2) is 34.8 Å². The Hall–Kier alpha value is -0.750. The quantitative estimate of drug-likeness (QED) is 0.658. The van der Waals surface area contributed by atoms with E-state index in [-0.39, 0.29) is 0 Å². The predicted molar refractivity (Wildman–Crippen MR) is 70.3 cm³/mol. The van der Waals surface area contributed by atoms with Gasteiger partial charge in [0.25, 0.3) is 0 Å². The molecule has 0 aromatic carbocycles. The predicted octanol–water partition coefficient (Wildman–Crippen LogP) is 1.88. The third-order valence-corrected chi connectivity index (χ3v) is 3.33. The molecule has 1 aliphatic rings. The lowest BCUT2D eigenvalue weighted by Crippen LogP contribution is -2.15. The molecule has 5 nitrogen and oxygen atoms in total. The third-order valence-electron chi connectivity index (χ3n) is 2.64. The van der Waals surface area contributed by atoms with Gasteiger partial charge >= 0.3 is 6.01 Å². The highest BCUT2D eigenvalue weighted by molar-refractivity contribution is 7.98. The van der Waals surface area contributed by atoms with Crippen molar-refractivity contribution in [2.24, 2.45) is 0 Å². The molecule has 2 N–H and O–H groups in total. The smallest absolute Gasteiger partial charge is 0.315 e. The van der Waals surface area contributed by atoms with Crippen LogP contribution in [0.4, 0.5) is 6.01 Å². The number of rotatable bonds is 9. The summed E-state index contributed by atoms with van der Waals surface area (Å²) in [5.74, 6) is 1.88. The van der Waals surface area contributed by atoms with E-state index in [0.29, 0.717) is 24.5 Å². The van der Waals surface area contributed by atoms with Gasteiger partial charge in [-0.3, -0.25) is 0 Å². The number of thioether (sulfide) groups is 1. The topological polar surface area (TPSA) is 63.0 Å². The van der Waals surface area contributed by atoms with Gasteiger partial charge in [0.2, 0.25) is 5.89 Å². The Labute approximate surface area is 106 Å². The molecule has 0 amide bonds. The summed E-state index contributed by atoms with van der Waals surface area (Å²) in [5, 5.41) is 14.4. The first-order valence-corrected chi connectivity index (χ1v) is 7.56. The fraction of sp³-hybridized carbons (Fsp3) is 0.818. The van der Waals surface area contributed by atoms with E-state index in [1.54, 1.807) is 0 Å². The maximum absolute atomic E-state index is 5.47. The first-order valence-electron chi connectivity index (χ1n) is 6.17. The Morgan fingerprint density at radius 2 is 2.24 bits per heavy atom. The molecule has 17 heavy (non-hydrogen) atoms. The first-order chi connectivity index (χ1) is 8.38. The van der Waals surface area contributed by atoms with Crippen LogP contribution in [-0.2, 0) is 6.54 Å². The van der Waals surface area contributed by atoms with Crippen LogP contribution in [0.5, 0.6) is 0 Å². The summed E-state index contributed by atoms with van der Waals surface area (Å²) in [6.07, 6.45) is 7.03. The standard InChI is InChI=1S/C11H20N4OS/c1-17-7-3-2-6-12-11-15-14-10(16-11)8-13-9-4-5-9/h9,13H,2-8H2,1H3,(H,12,15). The lowest BCUT2D eigenvalue weighted by Gasteiger charge is -2.00. The largest absolute Gasteiger partial charge is 0.407 e. The SMILES string of the molecule is CSCCCCNc1nnc(CNC2CC2)o1. The maximum atomic E-state index is 5.47. The van der Waals surface area contributed by atoms with Gasteiger partial charge in [0.1, 0.15) is 0 Å². The molecule has 1 aromatic rings. The summed E-state index contributed by atoms with van der Waals surface area (Å²) >= 11 is 1.88. The van der Waals surface area contributed by atoms with E-state index in [1.807, 2.05) is 11.8 Å². The molecule has 96 valence electrons. The average Bonchev–Trinajstić information content (AvgIpc) is 3.06. The maximum Gasteiger partial charge on any atom is 0.315 e. The van der Waals surface area contributed by atoms with Crippen LogP contribution in [0.2, 0.25) is 0 Å². The second-order valence-electron chi connectivity index (χ2n) is 4.28. The van der Waals surface area contributed by atoms with Crippen molar-refractivity contribution < 1.29 is 4.42 Å². The van der Waals surface area contributed by atoms with Crippen LogP contribution in [0.15, 0.2) is 4.42 Å². The van der Waals surface area contributed by atoms with Gasteiger partial charge < -0.3 is 15.1 Å². The minimum absolute atomic E-state index is 0.543. The zero-order chi connectivity index (χ0) is 11.9. The Kier molecular flexibility index (Phi) is 5.12. The molecule has 0 saturated heterocycles. The van der Waals surface area contributed by atoms with Crippen LogP contribution in [0.3, 0.4) is 0 Å². The summed E-state index contributed by atoms with van der Waals surface area (Å²) in [6.45, 7) is 1.59. The molecule has 1 heterocycles. The van der Waals surface area contributed by atoms with E-state index in [4.69, 9.17) is 4.42 Å². The molecule has 1 aliphatic carbocycles. The number of hydrogen-bond donors (Lipinski definition) is 2. The molecular weight excluding hydrogens is 236 g/mol. The Balaban J connectivity index is 1.59. The third kappa shape index (κ3) is 4.95. The second-order valence-corrected chi connectivity index (χ2v) is 5.27. The van der Waals surface area contributed by atoms with Crippen LogP contribution in [0, 0.1) is 0 Å². The highest BCUT2D eigenvalue weighted by Gasteiger charge is 2.21. The van der Waals surface area contributed by atoms with Gasteiger partial charge in [0, 0.05) is 12.6 Å². The monoisotopic (exact) mass is 256 g/mol. The van der Waals surface area contributed by atoms with Crippen molar-refractivity contribution in [2.45, 2.75) is 38.3 Å². The van der Waals surface area contributed by atoms with Crippen molar-refractivity contribution >= 4 is 17.8 Å². The number of anilines is 1. The van der Waals surface area contributed by atoms with E-state index in [1.165, 1.54) is 25.0 Å². The van der Waals surface area contributed by atoms with Gasteiger partial charge in [-0.1, -0.05) is 5.10 Å². The molecule has 0 bridgehead atoms. The van der Waals surface area contributed by atoms with Crippen LogP contribution >= 0.6 is 11.8 Å². The summed E-state index contributed by atoms with van der Waals surface area (Å²) in [5.41, 5.74) is 0. The highest BCUT2D eigenvalue weighted by atomic mass is 32.2. The van der Waals surface area contributed by atoms with E-state index in [2.05, 4.69) is 27.1 Å². The number of nitrogens with zero attached hydrogens (tertiary/aromatic N) is 2. The Morgan fingerprint density at radius 1 is 1.35 bits per heavy atom. The summed E-state index contributed by atoms with van der Waals surface area (Å²) in [4.78, 5) is 0. The van der Waals surface area contributed by atoms with E-state index in [9.17, 15) is 0 Å². The number of nitrogens with one attached hydrogen (secondary N) is 2. The van der Waals surface area contributed by atoms with Gasteiger partial charge in [0.05, 0.1) is 6.54 Å². The van der Waals surface area contributed by atoms with Gasteiger partial charge in [-0.05, 0) is 37.7 Å². The van der Waals surface area contributed by atoms with Crippen molar-refractivity contribution in [3.8, 4) is 0 Å². The zero-order valence-electron chi connectivity index (χ0n) is 10.2. The minimum atomic E-state index is 0.543. The van der Waals surface area contributed by atoms with Gasteiger partial charge in [-0.15, -0.1) is 5.10 Å². The molecule has 2 rings (SSSR count). The second kappa shape index (κ2) is 6.86. The number of aromatic nitrogens is 2. The molecule has 0 unspecified atom stereocenters. The molecule has 0 atom stereocenters. The Bertz CT molecular complexity index is 327. The normalized spacial score (nSPS) is 15.1. The lowest BCUT2D eigenvalue weighted by molar-refractivity contribution is 0.475. The van der Waals surface area contributed by atoms with Crippen molar-refractivity contribution in [1.29, 1.82) is 0 Å².